The maximum Gasteiger partial charge on any atom is 0.428 e. The van der Waals surface area contributed by atoms with Gasteiger partial charge in [0.25, 0.3) is 0 Å². The fourth-order valence-electron chi connectivity index (χ4n) is 2.08. The Hall–Kier alpha value is -2.19. The van der Waals surface area contributed by atoms with Gasteiger partial charge in [-0.25, -0.2) is 0 Å². The molecule has 1 N–H and O–H groups in total. The Morgan fingerprint density at radius 3 is 1.86 bits per heavy atom. The number of carbonyl (C=O) groups is 1. The van der Waals surface area contributed by atoms with Gasteiger partial charge in [-0.15, -0.1) is 0 Å². The topological polar surface area (TPSA) is 38.3 Å². The summed E-state index contributed by atoms with van der Waals surface area (Å²) < 4.78 is 160. The molecule has 1 heterocycles. The SMILES string of the molecule is O=C(Nc1cccc(C(F)(F)F)c1)C(F)(F)[C@@]1(F)OC(F)(F)C(F)(F)C1(F)F. The third-order valence-corrected chi connectivity index (χ3v) is 3.57. The molecule has 1 aromatic rings. The molecule has 0 spiro atoms. The second-order valence-corrected chi connectivity index (χ2v) is 5.47. The van der Waals surface area contributed by atoms with Gasteiger partial charge in [-0.2, -0.15) is 52.7 Å². The zero-order chi connectivity index (χ0) is 22.0. The van der Waals surface area contributed by atoms with Crippen molar-refractivity contribution in [3.05, 3.63) is 29.8 Å². The average molecular weight is 435 g/mol. The van der Waals surface area contributed by atoms with Crippen LogP contribution in [0.5, 0.6) is 0 Å². The quantitative estimate of drug-likeness (QED) is 0.691. The molecule has 0 aromatic heterocycles. The normalized spacial score (nSPS) is 26.1. The molecule has 1 aliphatic rings. The molecule has 0 radical (unpaired) electrons. The molecule has 0 saturated carbocycles. The highest BCUT2D eigenvalue weighted by atomic mass is 19.4. The van der Waals surface area contributed by atoms with Gasteiger partial charge in [0.2, 0.25) is 0 Å². The largest absolute Gasteiger partial charge is 0.428 e. The van der Waals surface area contributed by atoms with E-state index in [0.29, 0.717) is 18.2 Å². The zero-order valence-electron chi connectivity index (χ0n) is 12.7. The van der Waals surface area contributed by atoms with Gasteiger partial charge in [-0.1, -0.05) is 6.07 Å². The molecule has 0 unspecified atom stereocenters. The molecule has 1 saturated heterocycles. The molecule has 28 heavy (non-hydrogen) atoms. The van der Waals surface area contributed by atoms with Crippen LogP contribution in [-0.2, 0) is 15.7 Å². The van der Waals surface area contributed by atoms with E-state index in [4.69, 9.17) is 0 Å². The van der Waals surface area contributed by atoms with E-state index < -0.39 is 53.1 Å². The number of carbonyl (C=O) groups excluding carboxylic acids is 1. The summed E-state index contributed by atoms with van der Waals surface area (Å²) in [4.78, 5) is 11.4. The van der Waals surface area contributed by atoms with Crippen LogP contribution in [0.3, 0.4) is 0 Å². The fourth-order valence-corrected chi connectivity index (χ4v) is 2.08. The minimum absolute atomic E-state index is 0.00966. The molecule has 1 fully saturated rings. The Morgan fingerprint density at radius 1 is 0.893 bits per heavy atom. The van der Waals surface area contributed by atoms with Crippen LogP contribution in [-0.4, -0.2) is 35.6 Å². The van der Waals surface area contributed by atoms with Crippen molar-refractivity contribution in [1.82, 2.24) is 0 Å². The molecule has 3 nitrogen and oxygen atoms in total. The lowest BCUT2D eigenvalue weighted by Gasteiger charge is -2.31. The van der Waals surface area contributed by atoms with Crippen molar-refractivity contribution in [2.75, 3.05) is 5.32 Å². The summed E-state index contributed by atoms with van der Waals surface area (Å²) in [5.74, 6) is -29.8. The molecule has 0 aliphatic carbocycles. The Balaban J connectivity index is 2.41. The van der Waals surface area contributed by atoms with Crippen molar-refractivity contribution in [2.45, 2.75) is 35.9 Å². The minimum atomic E-state index is -6.89. The predicted octanol–water partition coefficient (Wildman–Crippen LogP) is 4.84. The fraction of sp³-hybridized carbons (Fsp3) is 0.462. The van der Waals surface area contributed by atoms with Crippen LogP contribution < -0.4 is 5.32 Å². The standard InChI is InChI=1S/C13H5F12NO2/c14-8(15,12(23)10(19,20)11(21,22)13(24,25)28-12)7(27)26-6-3-1-2-5(4-6)9(16,17)18/h1-4H,(H,26,27)/t12-/m1/s1. The van der Waals surface area contributed by atoms with E-state index in [1.807, 2.05) is 0 Å². The van der Waals surface area contributed by atoms with Gasteiger partial charge in [-0.05, 0) is 18.2 Å². The van der Waals surface area contributed by atoms with E-state index in [9.17, 15) is 57.5 Å². The van der Waals surface area contributed by atoms with Gasteiger partial charge in [0.05, 0.1) is 5.56 Å². The van der Waals surface area contributed by atoms with Crippen molar-refractivity contribution < 1.29 is 62.2 Å². The highest BCUT2D eigenvalue weighted by molar-refractivity contribution is 5.97. The molecule has 15 heteroatoms. The van der Waals surface area contributed by atoms with Gasteiger partial charge in [-0.3, -0.25) is 9.53 Å². The number of rotatable bonds is 3. The van der Waals surface area contributed by atoms with Crippen LogP contribution in [0.25, 0.3) is 0 Å². The monoisotopic (exact) mass is 435 g/mol. The van der Waals surface area contributed by atoms with Crippen LogP contribution in [0.4, 0.5) is 58.4 Å². The van der Waals surface area contributed by atoms with Crippen molar-refractivity contribution in [1.29, 1.82) is 0 Å². The first-order valence-electron chi connectivity index (χ1n) is 6.70. The van der Waals surface area contributed by atoms with E-state index in [1.165, 1.54) is 0 Å². The number of hydrogen-bond donors (Lipinski definition) is 1. The van der Waals surface area contributed by atoms with Gasteiger partial charge in [0, 0.05) is 5.69 Å². The molecule has 1 aliphatic heterocycles. The second-order valence-electron chi connectivity index (χ2n) is 5.47. The third-order valence-electron chi connectivity index (χ3n) is 3.57. The molecule has 1 amide bonds. The first-order chi connectivity index (χ1) is 12.3. The molecule has 1 atom stereocenters. The van der Waals surface area contributed by atoms with Crippen LogP contribution in [0.1, 0.15) is 5.56 Å². The Bertz CT molecular complexity index is 790. The summed E-state index contributed by atoms with van der Waals surface area (Å²) in [5, 5.41) is 0.857. The van der Waals surface area contributed by atoms with Crippen molar-refractivity contribution in [2.24, 2.45) is 0 Å². The maximum atomic E-state index is 14.0. The lowest BCUT2D eigenvalue weighted by atomic mass is 9.99. The van der Waals surface area contributed by atoms with Crippen molar-refractivity contribution >= 4 is 11.6 Å². The number of nitrogens with one attached hydrogen (secondary N) is 1. The number of hydrogen-bond acceptors (Lipinski definition) is 2. The second kappa shape index (κ2) is 5.90. The first-order valence-corrected chi connectivity index (χ1v) is 6.70. The van der Waals surface area contributed by atoms with Crippen molar-refractivity contribution in [3.63, 3.8) is 0 Å². The summed E-state index contributed by atoms with van der Waals surface area (Å²) in [6.45, 7) is 0. The van der Waals surface area contributed by atoms with E-state index >= 15 is 0 Å². The maximum absolute atomic E-state index is 14.0. The number of halogens is 12. The van der Waals surface area contributed by atoms with E-state index in [1.54, 1.807) is 0 Å². The number of amides is 1. The first kappa shape index (κ1) is 22.1. The Labute approximate surface area is 146 Å². The number of benzene rings is 1. The van der Waals surface area contributed by atoms with Crippen LogP contribution in [0.15, 0.2) is 24.3 Å². The molecular weight excluding hydrogens is 430 g/mol. The van der Waals surface area contributed by atoms with Crippen LogP contribution in [0.2, 0.25) is 0 Å². The Kier molecular flexibility index (Phi) is 4.66. The lowest BCUT2D eigenvalue weighted by molar-refractivity contribution is -0.366. The number of ether oxygens (including phenoxy) is 1. The number of alkyl halides is 12. The van der Waals surface area contributed by atoms with Gasteiger partial charge in [0.1, 0.15) is 0 Å². The molecular formula is C13H5F12NO2. The zero-order valence-corrected chi connectivity index (χ0v) is 12.7. The van der Waals surface area contributed by atoms with E-state index in [0.717, 1.165) is 5.32 Å². The van der Waals surface area contributed by atoms with Gasteiger partial charge < -0.3 is 5.32 Å². The average Bonchev–Trinajstić information content (AvgIpc) is 2.62. The summed E-state index contributed by atoms with van der Waals surface area (Å²) in [5.41, 5.74) is -2.67. The highest BCUT2D eigenvalue weighted by Crippen LogP contribution is 2.64. The minimum Gasteiger partial charge on any atom is -0.321 e. The van der Waals surface area contributed by atoms with E-state index in [-0.39, 0.29) is 6.07 Å². The van der Waals surface area contributed by atoms with Gasteiger partial charge in [0.15, 0.2) is 0 Å². The molecule has 0 bridgehead atoms. The van der Waals surface area contributed by atoms with Crippen LogP contribution in [0, 0.1) is 0 Å². The summed E-state index contributed by atoms with van der Waals surface area (Å²) in [6.07, 6.45) is -11.5. The Morgan fingerprint density at radius 2 is 1.43 bits per heavy atom. The predicted molar refractivity (Wildman–Crippen MR) is 64.8 cm³/mol. The summed E-state index contributed by atoms with van der Waals surface area (Å²) in [7, 11) is 0. The third kappa shape index (κ3) is 2.86. The smallest absolute Gasteiger partial charge is 0.321 e. The molecule has 2 rings (SSSR count). The summed E-state index contributed by atoms with van der Waals surface area (Å²) in [6, 6.07) is 1.49. The van der Waals surface area contributed by atoms with Gasteiger partial charge >= 0.3 is 41.8 Å². The number of anilines is 1. The lowest BCUT2D eigenvalue weighted by Crippen LogP contribution is -2.63. The molecule has 1 aromatic carbocycles. The molecule has 158 valence electrons. The van der Waals surface area contributed by atoms with E-state index in [2.05, 4.69) is 4.74 Å². The summed E-state index contributed by atoms with van der Waals surface area (Å²) >= 11 is 0. The van der Waals surface area contributed by atoms with Crippen LogP contribution >= 0.6 is 0 Å². The van der Waals surface area contributed by atoms with Crippen molar-refractivity contribution in [3.8, 4) is 0 Å². The highest BCUT2D eigenvalue weighted by Gasteiger charge is 2.96.